The van der Waals surface area contributed by atoms with Crippen molar-refractivity contribution in [1.82, 2.24) is 9.55 Å². The van der Waals surface area contributed by atoms with Crippen molar-refractivity contribution in [3.63, 3.8) is 0 Å². The number of nitrogen functional groups attached to an aromatic ring is 1. The Balaban J connectivity index is 2.95. The molecule has 0 amide bonds. The van der Waals surface area contributed by atoms with Crippen LogP contribution < -0.4 is 5.73 Å². The van der Waals surface area contributed by atoms with Gasteiger partial charge in [-0.25, -0.2) is 4.98 Å². The Hall–Kier alpha value is -1.03. The van der Waals surface area contributed by atoms with Crippen LogP contribution in [0.4, 0.5) is 5.95 Å². The number of hydrogen-bond acceptors (Lipinski definition) is 3. The van der Waals surface area contributed by atoms with Crippen molar-refractivity contribution in [1.29, 1.82) is 0 Å². The standard InChI is InChI=1S/C6H7N3S/c1-9-4-2-3-10-5(4)8-6(9)7/h2-3H,1H3,(H2,7,8). The summed E-state index contributed by atoms with van der Waals surface area (Å²) in [6.07, 6.45) is 0. The van der Waals surface area contributed by atoms with Crippen molar-refractivity contribution in [3.8, 4) is 0 Å². The largest absolute Gasteiger partial charge is 0.369 e. The maximum atomic E-state index is 5.56. The first-order valence-corrected chi connectivity index (χ1v) is 3.82. The molecule has 0 aromatic carbocycles. The van der Waals surface area contributed by atoms with Crippen LogP contribution in [0.3, 0.4) is 0 Å². The number of imidazole rings is 1. The number of hydrogen-bond donors (Lipinski definition) is 1. The van der Waals surface area contributed by atoms with E-state index in [-0.39, 0.29) is 0 Å². The van der Waals surface area contributed by atoms with Gasteiger partial charge in [0.15, 0.2) is 0 Å². The molecule has 0 bridgehead atoms. The summed E-state index contributed by atoms with van der Waals surface area (Å²) in [6, 6.07) is 2.02. The molecule has 3 nitrogen and oxygen atoms in total. The fourth-order valence-corrected chi connectivity index (χ4v) is 1.73. The van der Waals surface area contributed by atoms with Crippen molar-refractivity contribution < 1.29 is 0 Å². The lowest BCUT2D eigenvalue weighted by Gasteiger charge is -1.90. The Morgan fingerprint density at radius 3 is 3.20 bits per heavy atom. The topological polar surface area (TPSA) is 43.8 Å². The highest BCUT2D eigenvalue weighted by Crippen LogP contribution is 2.20. The van der Waals surface area contributed by atoms with E-state index in [1.807, 2.05) is 23.1 Å². The van der Waals surface area contributed by atoms with Gasteiger partial charge in [0.2, 0.25) is 5.95 Å². The molecule has 52 valence electrons. The minimum Gasteiger partial charge on any atom is -0.369 e. The van der Waals surface area contributed by atoms with Crippen LogP contribution in [0.15, 0.2) is 11.4 Å². The summed E-state index contributed by atoms with van der Waals surface area (Å²) >= 11 is 1.61. The smallest absolute Gasteiger partial charge is 0.201 e. The van der Waals surface area contributed by atoms with Gasteiger partial charge in [0, 0.05) is 7.05 Å². The van der Waals surface area contributed by atoms with Gasteiger partial charge in [-0.05, 0) is 11.4 Å². The molecule has 0 fully saturated rings. The van der Waals surface area contributed by atoms with Gasteiger partial charge in [0.1, 0.15) is 4.83 Å². The van der Waals surface area contributed by atoms with Gasteiger partial charge in [-0.3, -0.25) is 0 Å². The van der Waals surface area contributed by atoms with Crippen molar-refractivity contribution >= 4 is 27.6 Å². The van der Waals surface area contributed by atoms with Crippen LogP contribution in [0.5, 0.6) is 0 Å². The van der Waals surface area contributed by atoms with E-state index < -0.39 is 0 Å². The highest BCUT2D eigenvalue weighted by molar-refractivity contribution is 7.16. The Kier molecular flexibility index (Phi) is 0.990. The normalized spacial score (nSPS) is 10.9. The third-order valence-electron chi connectivity index (χ3n) is 1.55. The fraction of sp³-hybridized carbons (Fsp3) is 0.167. The van der Waals surface area contributed by atoms with Crippen LogP contribution in [0, 0.1) is 0 Å². The average Bonchev–Trinajstić information content (AvgIpc) is 2.41. The zero-order valence-electron chi connectivity index (χ0n) is 5.53. The molecule has 0 aliphatic rings. The molecule has 10 heavy (non-hydrogen) atoms. The van der Waals surface area contributed by atoms with Gasteiger partial charge < -0.3 is 10.3 Å². The van der Waals surface area contributed by atoms with E-state index in [1.54, 1.807) is 11.3 Å². The Morgan fingerprint density at radius 2 is 2.50 bits per heavy atom. The van der Waals surface area contributed by atoms with Crippen LogP contribution >= 0.6 is 11.3 Å². The maximum Gasteiger partial charge on any atom is 0.201 e. The molecule has 2 aromatic rings. The molecule has 4 heteroatoms. The molecule has 0 aliphatic heterocycles. The van der Waals surface area contributed by atoms with Crippen molar-refractivity contribution in [2.24, 2.45) is 7.05 Å². The molecule has 0 saturated carbocycles. The van der Waals surface area contributed by atoms with E-state index in [1.165, 1.54) is 0 Å². The van der Waals surface area contributed by atoms with Crippen LogP contribution in [-0.2, 0) is 7.05 Å². The van der Waals surface area contributed by atoms with Gasteiger partial charge in [-0.2, -0.15) is 0 Å². The zero-order chi connectivity index (χ0) is 7.14. The van der Waals surface area contributed by atoms with E-state index in [0.29, 0.717) is 5.95 Å². The molecule has 0 saturated heterocycles. The molecule has 2 heterocycles. The second-order valence-corrected chi connectivity index (χ2v) is 3.03. The number of fused-ring (bicyclic) bond motifs is 1. The number of rotatable bonds is 0. The second-order valence-electron chi connectivity index (χ2n) is 2.14. The maximum absolute atomic E-state index is 5.56. The van der Waals surface area contributed by atoms with Gasteiger partial charge >= 0.3 is 0 Å². The third-order valence-corrected chi connectivity index (χ3v) is 2.34. The lowest BCUT2D eigenvalue weighted by molar-refractivity contribution is 0.965. The summed E-state index contributed by atoms with van der Waals surface area (Å²) in [5.74, 6) is 0.585. The number of thiophene rings is 1. The Labute approximate surface area is 62.1 Å². The van der Waals surface area contributed by atoms with Crippen molar-refractivity contribution in [3.05, 3.63) is 11.4 Å². The molecular formula is C6H7N3S. The molecule has 0 radical (unpaired) electrons. The highest BCUT2D eigenvalue weighted by Gasteiger charge is 2.03. The van der Waals surface area contributed by atoms with E-state index in [9.17, 15) is 0 Å². The van der Waals surface area contributed by atoms with Crippen LogP contribution in [-0.4, -0.2) is 9.55 Å². The van der Waals surface area contributed by atoms with Crippen LogP contribution in [0.2, 0.25) is 0 Å². The monoisotopic (exact) mass is 153 g/mol. The zero-order valence-corrected chi connectivity index (χ0v) is 6.35. The Bertz CT molecular complexity index is 360. The lowest BCUT2D eigenvalue weighted by Crippen LogP contribution is -1.95. The number of aryl methyl sites for hydroxylation is 1. The first-order valence-electron chi connectivity index (χ1n) is 2.94. The van der Waals surface area contributed by atoms with Gasteiger partial charge in [0.05, 0.1) is 5.52 Å². The first-order chi connectivity index (χ1) is 4.79. The molecular weight excluding hydrogens is 146 g/mol. The van der Waals surface area contributed by atoms with E-state index in [4.69, 9.17) is 5.73 Å². The second kappa shape index (κ2) is 1.73. The Morgan fingerprint density at radius 1 is 1.70 bits per heavy atom. The van der Waals surface area contributed by atoms with Crippen LogP contribution in [0.25, 0.3) is 10.3 Å². The summed E-state index contributed by atoms with van der Waals surface area (Å²) in [5, 5.41) is 2.01. The summed E-state index contributed by atoms with van der Waals surface area (Å²) < 4.78 is 1.88. The van der Waals surface area contributed by atoms with E-state index in [2.05, 4.69) is 4.98 Å². The number of aromatic nitrogens is 2. The van der Waals surface area contributed by atoms with E-state index >= 15 is 0 Å². The van der Waals surface area contributed by atoms with E-state index in [0.717, 1.165) is 10.3 Å². The minimum absolute atomic E-state index is 0.585. The van der Waals surface area contributed by atoms with Crippen molar-refractivity contribution in [2.75, 3.05) is 5.73 Å². The number of nitrogens with two attached hydrogens (primary N) is 1. The lowest BCUT2D eigenvalue weighted by atomic mass is 10.6. The number of nitrogens with zero attached hydrogens (tertiary/aromatic N) is 2. The average molecular weight is 153 g/mol. The molecule has 0 aliphatic carbocycles. The summed E-state index contributed by atoms with van der Waals surface area (Å²) in [5.41, 5.74) is 6.67. The highest BCUT2D eigenvalue weighted by atomic mass is 32.1. The van der Waals surface area contributed by atoms with Gasteiger partial charge in [-0.15, -0.1) is 11.3 Å². The quantitative estimate of drug-likeness (QED) is 0.618. The van der Waals surface area contributed by atoms with Crippen LogP contribution in [0.1, 0.15) is 0 Å². The minimum atomic E-state index is 0.585. The molecule has 0 unspecified atom stereocenters. The first kappa shape index (κ1) is 5.73. The summed E-state index contributed by atoms with van der Waals surface area (Å²) in [6.45, 7) is 0. The summed E-state index contributed by atoms with van der Waals surface area (Å²) in [7, 11) is 1.91. The molecule has 2 aromatic heterocycles. The predicted molar refractivity (Wildman–Crippen MR) is 43.0 cm³/mol. The molecule has 0 atom stereocenters. The van der Waals surface area contributed by atoms with Gasteiger partial charge in [0.25, 0.3) is 0 Å². The molecule has 0 spiro atoms. The van der Waals surface area contributed by atoms with Crippen molar-refractivity contribution in [2.45, 2.75) is 0 Å². The fourth-order valence-electron chi connectivity index (χ4n) is 0.936. The summed E-state index contributed by atoms with van der Waals surface area (Å²) in [4.78, 5) is 5.15. The molecule has 2 rings (SSSR count). The SMILES string of the molecule is Cn1c(N)nc2sccc21. The predicted octanol–water partition coefficient (Wildman–Crippen LogP) is 1.22. The van der Waals surface area contributed by atoms with Gasteiger partial charge in [-0.1, -0.05) is 0 Å². The third kappa shape index (κ3) is 0.565. The number of anilines is 1. The molecule has 2 N–H and O–H groups in total.